The Morgan fingerprint density at radius 1 is 1.14 bits per heavy atom. The summed E-state index contributed by atoms with van der Waals surface area (Å²) in [4.78, 5) is 25.5. The first-order chi connectivity index (χ1) is 10.1. The number of amides is 1. The highest BCUT2D eigenvalue weighted by molar-refractivity contribution is 6.52. The van der Waals surface area contributed by atoms with Crippen LogP contribution in [-0.4, -0.2) is 11.7 Å². The molecule has 0 spiro atoms. The first-order valence-electron chi connectivity index (χ1n) is 6.25. The third-order valence-corrected chi connectivity index (χ3v) is 3.57. The molecule has 2 aromatic rings. The average Bonchev–Trinajstić information content (AvgIpc) is 2.72. The van der Waals surface area contributed by atoms with E-state index >= 15 is 0 Å². The van der Waals surface area contributed by atoms with Crippen LogP contribution in [0, 0.1) is 11.3 Å². The van der Waals surface area contributed by atoms with E-state index in [0.717, 1.165) is 5.56 Å². The molecule has 1 aliphatic heterocycles. The van der Waals surface area contributed by atoms with Gasteiger partial charge in [0, 0.05) is 5.02 Å². The minimum Gasteiger partial charge on any atom is -0.300 e. The molecular weight excluding hydrogens is 288 g/mol. The van der Waals surface area contributed by atoms with E-state index in [1.54, 1.807) is 30.3 Å². The first kappa shape index (κ1) is 13.3. The number of halogens is 1. The molecule has 5 heteroatoms. The molecule has 0 radical (unpaired) electrons. The third-order valence-electron chi connectivity index (χ3n) is 3.33. The fraction of sp³-hybridized carbons (Fsp3) is 0.0625. The average molecular weight is 297 g/mol. The molecule has 0 saturated heterocycles. The molecule has 1 heterocycles. The zero-order chi connectivity index (χ0) is 15.0. The number of ketones is 1. The highest BCUT2D eigenvalue weighted by atomic mass is 35.5. The van der Waals surface area contributed by atoms with Gasteiger partial charge in [0.15, 0.2) is 0 Å². The number of hydrogen-bond acceptors (Lipinski definition) is 3. The normalized spacial score (nSPS) is 13.2. The summed E-state index contributed by atoms with van der Waals surface area (Å²) in [6.07, 6.45) is 0. The number of fused-ring (bicyclic) bond motifs is 1. The Morgan fingerprint density at radius 2 is 1.95 bits per heavy atom. The van der Waals surface area contributed by atoms with E-state index in [9.17, 15) is 9.59 Å². The predicted octanol–water partition coefficient (Wildman–Crippen LogP) is 2.94. The fourth-order valence-corrected chi connectivity index (χ4v) is 2.52. The number of carbonyl (C=O) groups is 2. The summed E-state index contributed by atoms with van der Waals surface area (Å²) in [5, 5.41) is 9.33. The van der Waals surface area contributed by atoms with Gasteiger partial charge in [0.1, 0.15) is 0 Å². The van der Waals surface area contributed by atoms with E-state index in [2.05, 4.69) is 6.07 Å². The molecule has 3 rings (SSSR count). The summed E-state index contributed by atoms with van der Waals surface area (Å²) in [5.41, 5.74) is 2.18. The molecule has 0 fully saturated rings. The summed E-state index contributed by atoms with van der Waals surface area (Å²) in [6, 6.07) is 13.8. The summed E-state index contributed by atoms with van der Waals surface area (Å²) < 4.78 is 0. The van der Waals surface area contributed by atoms with Crippen molar-refractivity contribution in [2.24, 2.45) is 0 Å². The lowest BCUT2D eigenvalue weighted by molar-refractivity contribution is -0.114. The molecular formula is C16H9ClN2O2. The number of hydrogen-bond donors (Lipinski definition) is 0. The van der Waals surface area contributed by atoms with Crippen LogP contribution in [0.25, 0.3) is 0 Å². The van der Waals surface area contributed by atoms with Crippen LogP contribution in [0.2, 0.25) is 5.02 Å². The van der Waals surface area contributed by atoms with Crippen LogP contribution >= 0.6 is 11.6 Å². The van der Waals surface area contributed by atoms with Crippen molar-refractivity contribution in [1.82, 2.24) is 0 Å². The fourth-order valence-electron chi connectivity index (χ4n) is 2.35. The standard InChI is InChI=1S/C16H9ClN2O2/c17-12-4-5-14-13(7-12)15(20)16(21)19(14)9-11-3-1-2-10(6-11)8-18/h1-7H,9H2. The number of anilines is 1. The van der Waals surface area contributed by atoms with Crippen LogP contribution in [0.3, 0.4) is 0 Å². The monoisotopic (exact) mass is 296 g/mol. The molecule has 21 heavy (non-hydrogen) atoms. The molecule has 102 valence electrons. The van der Waals surface area contributed by atoms with Gasteiger partial charge in [-0.2, -0.15) is 5.26 Å². The highest BCUT2D eigenvalue weighted by Gasteiger charge is 2.35. The molecule has 4 nitrogen and oxygen atoms in total. The molecule has 1 aliphatic rings. The molecule has 1 amide bonds. The summed E-state index contributed by atoms with van der Waals surface area (Å²) in [6.45, 7) is 0.245. The number of nitriles is 1. The van der Waals surface area contributed by atoms with Crippen molar-refractivity contribution in [1.29, 1.82) is 5.26 Å². The van der Waals surface area contributed by atoms with Crippen LogP contribution in [-0.2, 0) is 11.3 Å². The maximum atomic E-state index is 12.1. The minimum absolute atomic E-state index is 0.245. The first-order valence-corrected chi connectivity index (χ1v) is 6.63. The van der Waals surface area contributed by atoms with Gasteiger partial charge < -0.3 is 4.90 Å². The second-order valence-corrected chi connectivity index (χ2v) is 5.13. The number of benzene rings is 2. The van der Waals surface area contributed by atoms with Crippen LogP contribution in [0.4, 0.5) is 5.69 Å². The van der Waals surface area contributed by atoms with Crippen molar-refractivity contribution in [3.8, 4) is 6.07 Å². The van der Waals surface area contributed by atoms with Gasteiger partial charge in [0.25, 0.3) is 11.7 Å². The topological polar surface area (TPSA) is 61.2 Å². The van der Waals surface area contributed by atoms with Crippen molar-refractivity contribution in [3.63, 3.8) is 0 Å². The van der Waals surface area contributed by atoms with Crippen LogP contribution in [0.15, 0.2) is 42.5 Å². The zero-order valence-corrected chi connectivity index (χ0v) is 11.6. The van der Waals surface area contributed by atoms with Crippen LogP contribution in [0.5, 0.6) is 0 Å². The number of nitrogens with zero attached hydrogens (tertiary/aromatic N) is 2. The van der Waals surface area contributed by atoms with Gasteiger partial charge in [0.2, 0.25) is 0 Å². The lowest BCUT2D eigenvalue weighted by atomic mass is 10.1. The Hall–Kier alpha value is -2.64. The number of carbonyl (C=O) groups excluding carboxylic acids is 2. The van der Waals surface area contributed by atoms with Gasteiger partial charge in [-0.15, -0.1) is 0 Å². The van der Waals surface area contributed by atoms with Gasteiger partial charge in [-0.05, 0) is 35.9 Å². The Labute approximate surface area is 126 Å². The highest BCUT2D eigenvalue weighted by Crippen LogP contribution is 2.32. The van der Waals surface area contributed by atoms with Gasteiger partial charge in [0.05, 0.1) is 29.4 Å². The predicted molar refractivity (Wildman–Crippen MR) is 78.1 cm³/mol. The van der Waals surface area contributed by atoms with Crippen molar-refractivity contribution >= 4 is 29.0 Å². The summed E-state index contributed by atoms with van der Waals surface area (Å²) >= 11 is 5.87. The zero-order valence-electron chi connectivity index (χ0n) is 10.8. The van der Waals surface area contributed by atoms with Crippen LogP contribution in [0.1, 0.15) is 21.5 Å². The van der Waals surface area contributed by atoms with Crippen molar-refractivity contribution < 1.29 is 9.59 Å². The number of rotatable bonds is 2. The molecule has 2 aromatic carbocycles. The van der Waals surface area contributed by atoms with Crippen molar-refractivity contribution in [2.75, 3.05) is 4.90 Å². The van der Waals surface area contributed by atoms with E-state index in [1.807, 2.05) is 6.07 Å². The molecule has 0 aliphatic carbocycles. The molecule has 0 unspecified atom stereocenters. The molecule has 0 atom stereocenters. The number of Topliss-reactive ketones (excluding diaryl/α,β-unsaturated/α-hetero) is 1. The summed E-state index contributed by atoms with van der Waals surface area (Å²) in [5.74, 6) is -1.13. The minimum atomic E-state index is -0.574. The Kier molecular flexibility index (Phi) is 3.20. The lowest BCUT2D eigenvalue weighted by Gasteiger charge is -2.16. The van der Waals surface area contributed by atoms with E-state index in [-0.39, 0.29) is 6.54 Å². The molecule has 0 bridgehead atoms. The molecule has 0 aromatic heterocycles. The molecule has 0 N–H and O–H groups in total. The van der Waals surface area contributed by atoms with E-state index in [4.69, 9.17) is 16.9 Å². The van der Waals surface area contributed by atoms with Crippen LogP contribution < -0.4 is 4.90 Å². The maximum Gasteiger partial charge on any atom is 0.299 e. The van der Waals surface area contributed by atoms with Gasteiger partial charge in [-0.1, -0.05) is 23.7 Å². The maximum absolute atomic E-state index is 12.1. The SMILES string of the molecule is N#Cc1cccc(CN2C(=O)C(=O)c3cc(Cl)ccc32)c1. The smallest absolute Gasteiger partial charge is 0.299 e. The van der Waals surface area contributed by atoms with E-state index < -0.39 is 11.7 Å². The largest absolute Gasteiger partial charge is 0.300 e. The Bertz CT molecular complexity index is 808. The van der Waals surface area contributed by atoms with Crippen molar-refractivity contribution in [2.45, 2.75) is 6.54 Å². The Morgan fingerprint density at radius 3 is 2.71 bits per heavy atom. The summed E-state index contributed by atoms with van der Waals surface area (Å²) in [7, 11) is 0. The van der Waals surface area contributed by atoms with Gasteiger partial charge in [-0.3, -0.25) is 9.59 Å². The second kappa shape index (κ2) is 5.04. The van der Waals surface area contributed by atoms with Gasteiger partial charge in [-0.25, -0.2) is 0 Å². The van der Waals surface area contributed by atoms with Gasteiger partial charge >= 0.3 is 0 Å². The van der Waals surface area contributed by atoms with Crippen molar-refractivity contribution in [3.05, 3.63) is 64.2 Å². The van der Waals surface area contributed by atoms with E-state index in [0.29, 0.717) is 21.8 Å². The lowest BCUT2D eigenvalue weighted by Crippen LogP contribution is -2.29. The third kappa shape index (κ3) is 2.28. The van der Waals surface area contributed by atoms with E-state index in [1.165, 1.54) is 11.0 Å². The second-order valence-electron chi connectivity index (χ2n) is 4.69. The Balaban J connectivity index is 1.99. The quantitative estimate of drug-likeness (QED) is 0.801. The molecule has 0 saturated carbocycles.